The van der Waals surface area contributed by atoms with Gasteiger partial charge >= 0.3 is 12.4 Å². The number of rotatable bonds is 2. The second kappa shape index (κ2) is 4.61. The van der Waals surface area contributed by atoms with Crippen molar-refractivity contribution in [2.45, 2.75) is 35.9 Å². The molecular formula is C7H8F6O2S2. The second-order valence-corrected chi connectivity index (χ2v) is 6.65. The van der Waals surface area contributed by atoms with E-state index in [0.717, 1.165) is 0 Å². The number of alkyl halides is 6. The van der Waals surface area contributed by atoms with Crippen LogP contribution in [0.1, 0.15) is 13.3 Å². The van der Waals surface area contributed by atoms with Crippen molar-refractivity contribution in [3.05, 3.63) is 0 Å². The molecule has 0 radical (unpaired) electrons. The summed E-state index contributed by atoms with van der Waals surface area (Å²) in [6, 6.07) is 0. The van der Waals surface area contributed by atoms with E-state index in [0.29, 0.717) is 0 Å². The number of halogens is 6. The summed E-state index contributed by atoms with van der Waals surface area (Å²) in [6.45, 7) is 1.31. The van der Waals surface area contributed by atoms with Gasteiger partial charge in [-0.25, -0.2) is 4.21 Å². The normalized spacial score (nSPS) is 29.6. The van der Waals surface area contributed by atoms with E-state index in [2.05, 4.69) is 4.74 Å². The van der Waals surface area contributed by atoms with Gasteiger partial charge in [-0.05, 0) is 17.7 Å². The number of hydrogen-bond acceptors (Lipinski definition) is 3. The van der Waals surface area contributed by atoms with E-state index in [1.54, 1.807) is 0 Å². The van der Waals surface area contributed by atoms with Crippen molar-refractivity contribution in [2.24, 2.45) is 0 Å². The predicted octanol–water partition coefficient (Wildman–Crippen LogP) is 3.01. The fourth-order valence-electron chi connectivity index (χ4n) is 1.32. The first-order valence-corrected chi connectivity index (χ1v) is 6.95. The monoisotopic (exact) mass is 302 g/mol. The van der Waals surface area contributed by atoms with Crippen LogP contribution in [-0.2, 0) is 14.6 Å². The molecule has 10 heteroatoms. The maximum absolute atomic E-state index is 12.6. The molecule has 0 amide bonds. The Morgan fingerprint density at radius 1 is 1.29 bits per heavy atom. The Kier molecular flexibility index (Phi) is 4.10. The summed E-state index contributed by atoms with van der Waals surface area (Å²) in [7, 11) is -3.00. The molecule has 0 aromatic heterocycles. The Morgan fingerprint density at radius 3 is 2.06 bits per heavy atom. The van der Waals surface area contributed by atoms with Gasteiger partial charge in [-0.1, -0.05) is 0 Å². The molecule has 1 aliphatic heterocycles. The summed E-state index contributed by atoms with van der Waals surface area (Å²) in [5.41, 5.74) is -1.55. The van der Waals surface area contributed by atoms with E-state index in [4.69, 9.17) is 0 Å². The first-order valence-electron chi connectivity index (χ1n) is 4.40. The summed E-state index contributed by atoms with van der Waals surface area (Å²) in [5.74, 6) is 0. The summed E-state index contributed by atoms with van der Waals surface area (Å²) in [5, 5.41) is 0. The maximum Gasteiger partial charge on any atom is 0.413 e. The lowest BCUT2D eigenvalue weighted by Crippen LogP contribution is -2.53. The van der Waals surface area contributed by atoms with E-state index >= 15 is 0 Å². The van der Waals surface area contributed by atoms with Crippen LogP contribution in [0, 0.1) is 0 Å². The Bertz CT molecular complexity index is 298. The molecule has 0 spiro atoms. The highest BCUT2D eigenvalue weighted by atomic mass is 33.1. The van der Waals surface area contributed by atoms with Gasteiger partial charge in [0.05, 0.1) is 0 Å². The number of hydrogen-bond donors (Lipinski definition) is 0. The zero-order valence-electron chi connectivity index (χ0n) is 8.39. The molecule has 0 aromatic rings. The maximum atomic E-state index is 12.6. The molecule has 0 bridgehead atoms. The largest absolute Gasteiger partial charge is 0.413 e. The first-order chi connectivity index (χ1) is 7.55. The lowest BCUT2D eigenvalue weighted by molar-refractivity contribution is -0.267. The SMILES string of the molecule is CCOC1CC(C(F)(F)F)(C(F)(F)F)SS1=O. The van der Waals surface area contributed by atoms with Gasteiger partial charge in [0.25, 0.3) is 0 Å². The molecule has 0 saturated carbocycles. The van der Waals surface area contributed by atoms with Crippen LogP contribution in [0.15, 0.2) is 0 Å². The molecule has 2 unspecified atom stereocenters. The Hall–Kier alpha value is 0.0400. The smallest absolute Gasteiger partial charge is 0.364 e. The topological polar surface area (TPSA) is 26.3 Å². The van der Waals surface area contributed by atoms with Crippen LogP contribution >= 0.6 is 10.8 Å². The molecule has 1 fully saturated rings. The molecule has 2 nitrogen and oxygen atoms in total. The zero-order chi connectivity index (χ0) is 13.5. The highest BCUT2D eigenvalue weighted by Crippen LogP contribution is 2.60. The van der Waals surface area contributed by atoms with Gasteiger partial charge in [0.15, 0.2) is 0 Å². The van der Waals surface area contributed by atoms with Crippen molar-refractivity contribution in [2.75, 3.05) is 6.61 Å². The van der Waals surface area contributed by atoms with Crippen molar-refractivity contribution in [3.8, 4) is 0 Å². The van der Waals surface area contributed by atoms with Gasteiger partial charge in [0.2, 0.25) is 4.75 Å². The fraction of sp³-hybridized carbons (Fsp3) is 1.00. The van der Waals surface area contributed by atoms with E-state index in [1.165, 1.54) is 6.92 Å². The average Bonchev–Trinajstić information content (AvgIpc) is 2.43. The van der Waals surface area contributed by atoms with Crippen LogP contribution in [0.3, 0.4) is 0 Å². The molecule has 2 atom stereocenters. The van der Waals surface area contributed by atoms with Crippen LogP contribution in [0.2, 0.25) is 0 Å². The van der Waals surface area contributed by atoms with Gasteiger partial charge in [0.1, 0.15) is 15.3 Å². The zero-order valence-corrected chi connectivity index (χ0v) is 10.0. The standard InChI is InChI=1S/C7H8F6O2S2/c1-2-15-4-3-5(6(8,9)10,7(11,12)13)16-17(4)14/h4H,2-3H2,1H3. The molecular weight excluding hydrogens is 294 g/mol. The lowest BCUT2D eigenvalue weighted by Gasteiger charge is -2.31. The summed E-state index contributed by atoms with van der Waals surface area (Å²) in [4.78, 5) is 0. The Balaban J connectivity index is 3.10. The third kappa shape index (κ3) is 2.58. The molecule has 1 rings (SSSR count). The van der Waals surface area contributed by atoms with Gasteiger partial charge in [-0.15, -0.1) is 0 Å². The molecule has 0 aliphatic carbocycles. The predicted molar refractivity (Wildman–Crippen MR) is 50.6 cm³/mol. The van der Waals surface area contributed by atoms with Crippen molar-refractivity contribution >= 4 is 20.6 Å². The van der Waals surface area contributed by atoms with Crippen molar-refractivity contribution in [1.82, 2.24) is 0 Å². The van der Waals surface area contributed by atoms with Crippen molar-refractivity contribution in [1.29, 1.82) is 0 Å². The van der Waals surface area contributed by atoms with Crippen LogP contribution < -0.4 is 0 Å². The number of ether oxygens (including phenoxy) is 1. The van der Waals surface area contributed by atoms with Gasteiger partial charge in [0, 0.05) is 13.0 Å². The lowest BCUT2D eigenvalue weighted by atomic mass is 10.0. The summed E-state index contributed by atoms with van der Waals surface area (Å²) < 4.78 is 87.3. The van der Waals surface area contributed by atoms with Gasteiger partial charge in [-0.3, -0.25) is 0 Å². The minimum atomic E-state index is -5.52. The molecule has 0 N–H and O–H groups in total. The summed E-state index contributed by atoms with van der Waals surface area (Å²) in [6.07, 6.45) is -12.4. The molecule has 1 aliphatic rings. The fourth-order valence-corrected chi connectivity index (χ4v) is 5.16. The highest BCUT2D eigenvalue weighted by Gasteiger charge is 2.76. The Labute approximate surface area is 98.9 Å². The van der Waals surface area contributed by atoms with Crippen molar-refractivity contribution < 1.29 is 35.3 Å². The third-order valence-electron chi connectivity index (χ3n) is 2.16. The quantitative estimate of drug-likeness (QED) is 0.579. The van der Waals surface area contributed by atoms with E-state index < -0.39 is 49.6 Å². The van der Waals surface area contributed by atoms with E-state index in [-0.39, 0.29) is 6.61 Å². The van der Waals surface area contributed by atoms with Crippen LogP contribution in [-0.4, -0.2) is 33.4 Å². The van der Waals surface area contributed by atoms with E-state index in [9.17, 15) is 30.6 Å². The minimum Gasteiger partial charge on any atom is -0.364 e. The van der Waals surface area contributed by atoms with Crippen LogP contribution in [0.4, 0.5) is 26.3 Å². The second-order valence-electron chi connectivity index (χ2n) is 3.26. The average molecular weight is 302 g/mol. The molecule has 0 aromatic carbocycles. The van der Waals surface area contributed by atoms with Gasteiger partial charge < -0.3 is 4.74 Å². The first kappa shape index (κ1) is 15.1. The molecule has 1 saturated heterocycles. The molecule has 1 heterocycles. The summed E-state index contributed by atoms with van der Waals surface area (Å²) >= 11 is 0. The highest BCUT2D eigenvalue weighted by molar-refractivity contribution is 8.70. The molecule has 102 valence electrons. The Morgan fingerprint density at radius 2 is 1.76 bits per heavy atom. The van der Waals surface area contributed by atoms with Crippen LogP contribution in [0.25, 0.3) is 0 Å². The molecule has 17 heavy (non-hydrogen) atoms. The van der Waals surface area contributed by atoms with Crippen molar-refractivity contribution in [3.63, 3.8) is 0 Å². The minimum absolute atomic E-state index is 0.0945. The third-order valence-corrected chi connectivity index (χ3v) is 5.96. The van der Waals surface area contributed by atoms with Crippen LogP contribution in [0.5, 0.6) is 0 Å². The van der Waals surface area contributed by atoms with E-state index in [1.807, 2.05) is 0 Å². The van der Waals surface area contributed by atoms with Gasteiger partial charge in [-0.2, -0.15) is 26.3 Å².